The van der Waals surface area contributed by atoms with E-state index in [1.807, 2.05) is 30.3 Å². The van der Waals surface area contributed by atoms with E-state index >= 15 is 0 Å². The quantitative estimate of drug-likeness (QED) is 0.173. The Morgan fingerprint density at radius 2 is 1.51 bits per heavy atom. The minimum atomic E-state index is -0.560. The Morgan fingerprint density at radius 1 is 0.829 bits per heavy atom. The van der Waals surface area contributed by atoms with Crippen molar-refractivity contribution in [1.29, 1.82) is 0 Å². The Balaban J connectivity index is 1.26. The van der Waals surface area contributed by atoms with Gasteiger partial charge in [-0.05, 0) is 58.8 Å². The summed E-state index contributed by atoms with van der Waals surface area (Å²) in [5.74, 6) is -1.04. The number of carbonyl (C=O) groups excluding carboxylic acids is 3. The van der Waals surface area contributed by atoms with Crippen LogP contribution >= 0.6 is 11.6 Å². The van der Waals surface area contributed by atoms with E-state index in [1.165, 1.54) is 6.21 Å². The Hall–Kier alpha value is -4.49. The minimum absolute atomic E-state index is 0.226. The van der Waals surface area contributed by atoms with Crippen molar-refractivity contribution in [3.05, 3.63) is 113 Å². The molecule has 0 atom stereocenters. The maximum absolute atomic E-state index is 12.5. The minimum Gasteiger partial charge on any atom is -0.423 e. The van der Waals surface area contributed by atoms with Crippen LogP contribution in [0.2, 0.25) is 5.02 Å². The second-order valence-corrected chi connectivity index (χ2v) is 7.85. The molecule has 0 fully saturated rings. The average Bonchev–Trinajstić information content (AvgIpc) is 2.88. The lowest BCUT2D eigenvalue weighted by Gasteiger charge is -2.07. The SMILES string of the molecule is O=C(CNC(=O)c1cccc2ccccc12)N/N=C\c1ccc(OC(=O)c2ccccc2Cl)cc1. The third-order valence-electron chi connectivity index (χ3n) is 5.03. The Bertz CT molecular complexity index is 1410. The molecular weight excluding hydrogens is 466 g/mol. The van der Waals surface area contributed by atoms with E-state index in [2.05, 4.69) is 15.8 Å². The molecule has 0 aliphatic carbocycles. The summed E-state index contributed by atoms with van der Waals surface area (Å²) >= 11 is 6.01. The molecule has 0 saturated carbocycles. The molecule has 0 unspecified atom stereocenters. The predicted octanol–water partition coefficient (Wildman–Crippen LogP) is 4.59. The lowest BCUT2D eigenvalue weighted by atomic mass is 10.0. The van der Waals surface area contributed by atoms with Gasteiger partial charge in [0.15, 0.2) is 0 Å². The number of hydrazone groups is 1. The van der Waals surface area contributed by atoms with Gasteiger partial charge >= 0.3 is 5.97 Å². The van der Waals surface area contributed by atoms with Gasteiger partial charge in [0.05, 0.1) is 23.3 Å². The third kappa shape index (κ3) is 6.10. The number of nitrogens with zero attached hydrogens (tertiary/aromatic N) is 1. The van der Waals surface area contributed by atoms with Crippen molar-refractivity contribution in [2.45, 2.75) is 0 Å². The number of carbonyl (C=O) groups is 3. The molecule has 7 nitrogen and oxygen atoms in total. The van der Waals surface area contributed by atoms with Crippen molar-refractivity contribution in [2.24, 2.45) is 5.10 Å². The molecule has 174 valence electrons. The van der Waals surface area contributed by atoms with E-state index in [1.54, 1.807) is 60.7 Å². The van der Waals surface area contributed by atoms with Gasteiger partial charge in [-0.15, -0.1) is 0 Å². The van der Waals surface area contributed by atoms with Gasteiger partial charge in [0.1, 0.15) is 5.75 Å². The predicted molar refractivity (Wildman–Crippen MR) is 135 cm³/mol. The second kappa shape index (κ2) is 11.1. The van der Waals surface area contributed by atoms with Crippen LogP contribution in [0.5, 0.6) is 5.75 Å². The zero-order valence-electron chi connectivity index (χ0n) is 18.4. The Kier molecular flexibility index (Phi) is 7.50. The number of hydrogen-bond acceptors (Lipinski definition) is 5. The molecule has 0 bridgehead atoms. The van der Waals surface area contributed by atoms with Crippen LogP contribution in [0.15, 0.2) is 96.1 Å². The molecule has 0 spiro atoms. The number of esters is 1. The number of amides is 2. The lowest BCUT2D eigenvalue weighted by Crippen LogP contribution is -2.35. The summed E-state index contributed by atoms with van der Waals surface area (Å²) in [6.45, 7) is -0.226. The number of hydrogen-bond donors (Lipinski definition) is 2. The molecule has 0 aliphatic rings. The molecule has 0 heterocycles. The van der Waals surface area contributed by atoms with E-state index in [0.29, 0.717) is 21.9 Å². The van der Waals surface area contributed by atoms with Crippen molar-refractivity contribution < 1.29 is 19.1 Å². The number of benzene rings is 4. The van der Waals surface area contributed by atoms with Gasteiger partial charge in [-0.1, -0.05) is 60.1 Å². The van der Waals surface area contributed by atoms with Gasteiger partial charge < -0.3 is 10.1 Å². The average molecular weight is 486 g/mol. The van der Waals surface area contributed by atoms with Crippen LogP contribution in [0, 0.1) is 0 Å². The van der Waals surface area contributed by atoms with Crippen LogP contribution in [0.25, 0.3) is 10.8 Å². The number of ether oxygens (including phenoxy) is 1. The molecule has 2 N–H and O–H groups in total. The van der Waals surface area contributed by atoms with E-state index in [-0.39, 0.29) is 18.0 Å². The molecule has 0 aliphatic heterocycles. The number of nitrogens with one attached hydrogen (secondary N) is 2. The number of halogens is 1. The molecular formula is C27H20ClN3O4. The Morgan fingerprint density at radius 3 is 2.31 bits per heavy atom. The van der Waals surface area contributed by atoms with Crippen LogP contribution in [-0.2, 0) is 4.79 Å². The summed E-state index contributed by atoms with van der Waals surface area (Å²) in [4.78, 5) is 36.8. The summed E-state index contributed by atoms with van der Waals surface area (Å²) in [6.07, 6.45) is 1.43. The monoisotopic (exact) mass is 485 g/mol. The fraction of sp³-hybridized carbons (Fsp3) is 0.0370. The van der Waals surface area contributed by atoms with Crippen LogP contribution in [-0.4, -0.2) is 30.5 Å². The summed E-state index contributed by atoms with van der Waals surface area (Å²) in [6, 6.07) is 26.1. The second-order valence-electron chi connectivity index (χ2n) is 7.44. The first kappa shape index (κ1) is 23.7. The maximum Gasteiger partial charge on any atom is 0.345 e. The first-order valence-corrected chi connectivity index (χ1v) is 11.0. The van der Waals surface area contributed by atoms with E-state index in [0.717, 1.165) is 10.8 Å². The van der Waals surface area contributed by atoms with Crippen molar-refractivity contribution in [3.8, 4) is 5.75 Å². The standard InChI is InChI=1S/C27H20ClN3O4/c28-24-11-4-3-9-23(24)27(34)35-20-14-12-18(13-15-20)16-30-31-25(32)17-29-26(33)22-10-5-7-19-6-1-2-8-21(19)22/h1-16H,17H2,(H,29,33)(H,31,32)/b30-16-. The molecule has 8 heteroatoms. The highest BCUT2D eigenvalue weighted by molar-refractivity contribution is 6.33. The number of fused-ring (bicyclic) bond motifs is 1. The molecule has 0 aromatic heterocycles. The van der Waals surface area contributed by atoms with Crippen molar-refractivity contribution in [3.63, 3.8) is 0 Å². The van der Waals surface area contributed by atoms with E-state index < -0.39 is 11.9 Å². The zero-order valence-corrected chi connectivity index (χ0v) is 19.2. The lowest BCUT2D eigenvalue weighted by molar-refractivity contribution is -0.120. The molecule has 4 rings (SSSR count). The summed E-state index contributed by atoms with van der Waals surface area (Å²) in [7, 11) is 0. The summed E-state index contributed by atoms with van der Waals surface area (Å²) in [5, 5.41) is 8.56. The maximum atomic E-state index is 12.5. The first-order chi connectivity index (χ1) is 17.0. The van der Waals surface area contributed by atoms with Crippen LogP contribution in [0.3, 0.4) is 0 Å². The largest absolute Gasteiger partial charge is 0.423 e. The zero-order chi connectivity index (χ0) is 24.6. The molecule has 0 radical (unpaired) electrons. The van der Waals surface area contributed by atoms with Crippen molar-refractivity contribution in [2.75, 3.05) is 6.54 Å². The highest BCUT2D eigenvalue weighted by atomic mass is 35.5. The highest BCUT2D eigenvalue weighted by Gasteiger charge is 2.12. The topological polar surface area (TPSA) is 96.9 Å². The van der Waals surface area contributed by atoms with Crippen LogP contribution < -0.4 is 15.5 Å². The third-order valence-corrected chi connectivity index (χ3v) is 5.36. The van der Waals surface area contributed by atoms with Crippen molar-refractivity contribution >= 4 is 46.4 Å². The molecule has 35 heavy (non-hydrogen) atoms. The number of rotatable bonds is 7. The molecule has 2 amide bonds. The summed E-state index contributed by atoms with van der Waals surface area (Å²) < 4.78 is 5.32. The fourth-order valence-corrected chi connectivity index (χ4v) is 3.52. The summed E-state index contributed by atoms with van der Waals surface area (Å²) in [5.41, 5.74) is 3.80. The van der Waals surface area contributed by atoms with Gasteiger partial charge in [-0.2, -0.15) is 5.10 Å². The van der Waals surface area contributed by atoms with E-state index in [9.17, 15) is 14.4 Å². The fourth-order valence-electron chi connectivity index (χ4n) is 3.31. The first-order valence-electron chi connectivity index (χ1n) is 10.7. The molecule has 0 saturated heterocycles. The smallest absolute Gasteiger partial charge is 0.345 e. The highest BCUT2D eigenvalue weighted by Crippen LogP contribution is 2.19. The van der Waals surface area contributed by atoms with Gasteiger partial charge in [0.25, 0.3) is 11.8 Å². The van der Waals surface area contributed by atoms with Crippen LogP contribution in [0.1, 0.15) is 26.3 Å². The van der Waals surface area contributed by atoms with Gasteiger partial charge in [-0.3, -0.25) is 9.59 Å². The van der Waals surface area contributed by atoms with E-state index in [4.69, 9.17) is 16.3 Å². The van der Waals surface area contributed by atoms with Crippen molar-refractivity contribution in [1.82, 2.24) is 10.7 Å². The van der Waals surface area contributed by atoms with Gasteiger partial charge in [-0.25, -0.2) is 10.2 Å². The van der Waals surface area contributed by atoms with Gasteiger partial charge in [0.2, 0.25) is 0 Å². The normalized spacial score (nSPS) is 10.8. The Labute approximate surface area is 206 Å². The van der Waals surface area contributed by atoms with Gasteiger partial charge in [0, 0.05) is 5.56 Å². The molecule has 4 aromatic carbocycles. The molecule has 4 aromatic rings. The van der Waals surface area contributed by atoms with Crippen LogP contribution in [0.4, 0.5) is 0 Å².